The quantitative estimate of drug-likeness (QED) is 0.675. The minimum atomic E-state index is -0.329. The van der Waals surface area contributed by atoms with Crippen LogP contribution in [-0.2, 0) is 6.42 Å². The van der Waals surface area contributed by atoms with Crippen LogP contribution in [0.2, 0.25) is 0 Å². The van der Waals surface area contributed by atoms with Gasteiger partial charge in [-0.05, 0) is 25.3 Å². The molecule has 1 nitrogen and oxygen atoms in total. The molecule has 1 aromatic carbocycles. The molecule has 1 unspecified atom stereocenters. The third kappa shape index (κ3) is 3.24. The van der Waals surface area contributed by atoms with E-state index in [1.165, 1.54) is 5.56 Å². The normalized spacial score (nSPS) is 14.6. The molecule has 0 spiro atoms. The van der Waals surface area contributed by atoms with E-state index < -0.39 is 0 Å². The Morgan fingerprint density at radius 1 is 1.31 bits per heavy atom. The van der Waals surface area contributed by atoms with Crippen molar-refractivity contribution in [1.82, 2.24) is 0 Å². The molecule has 0 heterocycles. The van der Waals surface area contributed by atoms with Crippen molar-refractivity contribution in [1.29, 1.82) is 5.26 Å². The van der Waals surface area contributed by atoms with Gasteiger partial charge in [-0.15, -0.1) is 0 Å². The molecule has 0 aliphatic heterocycles. The fourth-order valence-corrected chi connectivity index (χ4v) is 2.09. The van der Waals surface area contributed by atoms with Gasteiger partial charge in [0.15, 0.2) is 0 Å². The van der Waals surface area contributed by atoms with Crippen LogP contribution in [0.3, 0.4) is 0 Å². The van der Waals surface area contributed by atoms with E-state index in [9.17, 15) is 5.26 Å². The van der Waals surface area contributed by atoms with Crippen LogP contribution in [0.25, 0.3) is 0 Å². The van der Waals surface area contributed by atoms with Crippen molar-refractivity contribution in [3.8, 4) is 6.07 Å². The molecule has 84 valence electrons. The number of rotatable bonds is 5. The first kappa shape index (κ1) is 12.5. The molecule has 16 heavy (non-hydrogen) atoms. The molecule has 0 amide bonds. The van der Waals surface area contributed by atoms with Gasteiger partial charge in [0.05, 0.1) is 11.5 Å². The largest absolute Gasteiger partial charge is 0.197 e. The van der Waals surface area contributed by atoms with Gasteiger partial charge in [-0.2, -0.15) is 5.26 Å². The van der Waals surface area contributed by atoms with Crippen LogP contribution in [0.15, 0.2) is 42.5 Å². The second-order valence-corrected chi connectivity index (χ2v) is 4.18. The Kier molecular flexibility index (Phi) is 4.79. The van der Waals surface area contributed by atoms with Crippen LogP contribution < -0.4 is 0 Å². The van der Waals surface area contributed by atoms with Crippen LogP contribution >= 0.6 is 0 Å². The summed E-state index contributed by atoms with van der Waals surface area (Å²) in [4.78, 5) is 0. The van der Waals surface area contributed by atoms with E-state index in [0.29, 0.717) is 0 Å². The predicted octanol–water partition coefficient (Wildman–Crippen LogP) is 4.12. The van der Waals surface area contributed by atoms with Gasteiger partial charge in [0.2, 0.25) is 0 Å². The minimum absolute atomic E-state index is 0.329. The number of benzene rings is 1. The number of allylic oxidation sites excluding steroid dienone is 2. The van der Waals surface area contributed by atoms with Crippen molar-refractivity contribution >= 4 is 0 Å². The van der Waals surface area contributed by atoms with E-state index in [1.807, 2.05) is 37.3 Å². The monoisotopic (exact) mass is 213 g/mol. The van der Waals surface area contributed by atoms with Crippen molar-refractivity contribution in [3.05, 3.63) is 48.0 Å². The van der Waals surface area contributed by atoms with Crippen LogP contribution in [0, 0.1) is 16.7 Å². The van der Waals surface area contributed by atoms with Crippen molar-refractivity contribution in [2.75, 3.05) is 0 Å². The maximum atomic E-state index is 9.40. The first-order valence-electron chi connectivity index (χ1n) is 5.85. The molecule has 1 atom stereocenters. The van der Waals surface area contributed by atoms with E-state index in [1.54, 1.807) is 0 Å². The lowest BCUT2D eigenvalue weighted by atomic mass is 9.79. The molecule has 1 aromatic rings. The number of hydrogen-bond donors (Lipinski definition) is 0. The summed E-state index contributed by atoms with van der Waals surface area (Å²) < 4.78 is 0. The highest BCUT2D eigenvalue weighted by Gasteiger charge is 2.25. The Bertz CT molecular complexity index is 372. The van der Waals surface area contributed by atoms with Crippen LogP contribution in [0.5, 0.6) is 0 Å². The second-order valence-electron chi connectivity index (χ2n) is 4.18. The minimum Gasteiger partial charge on any atom is -0.197 e. The van der Waals surface area contributed by atoms with E-state index >= 15 is 0 Å². The standard InChI is InChI=1S/C15H19N/c1-3-10-15(13-16,11-4-2)12-14-8-6-5-7-9-14/h3,5-10H,4,11-12H2,1-2H3. The van der Waals surface area contributed by atoms with E-state index in [-0.39, 0.29) is 5.41 Å². The van der Waals surface area contributed by atoms with Gasteiger partial charge in [-0.25, -0.2) is 0 Å². The van der Waals surface area contributed by atoms with Gasteiger partial charge >= 0.3 is 0 Å². The number of nitrogens with zero attached hydrogens (tertiary/aromatic N) is 1. The molecule has 0 radical (unpaired) electrons. The Hall–Kier alpha value is -1.55. The summed E-state index contributed by atoms with van der Waals surface area (Å²) in [6.07, 6.45) is 6.79. The van der Waals surface area contributed by atoms with Gasteiger partial charge in [0.1, 0.15) is 0 Å². The Morgan fingerprint density at radius 2 is 2.00 bits per heavy atom. The summed E-state index contributed by atoms with van der Waals surface area (Å²) in [6, 6.07) is 12.7. The SMILES string of the molecule is CC=CC(C#N)(CCC)Cc1ccccc1. The molecular weight excluding hydrogens is 194 g/mol. The van der Waals surface area contributed by atoms with Gasteiger partial charge in [0, 0.05) is 0 Å². The second kappa shape index (κ2) is 6.12. The topological polar surface area (TPSA) is 23.8 Å². The molecule has 0 aliphatic rings. The van der Waals surface area contributed by atoms with E-state index in [0.717, 1.165) is 19.3 Å². The maximum Gasteiger partial charge on any atom is 0.0793 e. The Morgan fingerprint density at radius 3 is 2.50 bits per heavy atom. The fraction of sp³-hybridized carbons (Fsp3) is 0.400. The molecule has 1 heteroatoms. The van der Waals surface area contributed by atoms with Gasteiger partial charge in [0.25, 0.3) is 0 Å². The molecule has 0 aliphatic carbocycles. The highest BCUT2D eigenvalue weighted by Crippen LogP contribution is 2.29. The summed E-state index contributed by atoms with van der Waals surface area (Å²) in [6.45, 7) is 4.10. The first-order chi connectivity index (χ1) is 7.76. The first-order valence-corrected chi connectivity index (χ1v) is 5.85. The van der Waals surface area contributed by atoms with E-state index in [4.69, 9.17) is 0 Å². The van der Waals surface area contributed by atoms with Crippen molar-refractivity contribution < 1.29 is 0 Å². The predicted molar refractivity (Wildman–Crippen MR) is 67.9 cm³/mol. The lowest BCUT2D eigenvalue weighted by Gasteiger charge is -2.22. The maximum absolute atomic E-state index is 9.40. The molecule has 0 fully saturated rings. The molecular formula is C15H19N. The summed E-state index contributed by atoms with van der Waals surface area (Å²) in [5.74, 6) is 0. The molecule has 0 saturated carbocycles. The van der Waals surface area contributed by atoms with Crippen LogP contribution in [-0.4, -0.2) is 0 Å². The Balaban J connectivity index is 2.91. The van der Waals surface area contributed by atoms with Crippen LogP contribution in [0.4, 0.5) is 0 Å². The summed E-state index contributed by atoms with van der Waals surface area (Å²) >= 11 is 0. The van der Waals surface area contributed by atoms with Gasteiger partial charge < -0.3 is 0 Å². The Labute approximate surface area is 98.4 Å². The average Bonchev–Trinajstić information content (AvgIpc) is 2.31. The third-order valence-corrected chi connectivity index (χ3v) is 2.77. The molecule has 0 N–H and O–H groups in total. The number of hydrogen-bond acceptors (Lipinski definition) is 1. The van der Waals surface area contributed by atoms with Crippen molar-refractivity contribution in [2.45, 2.75) is 33.1 Å². The molecule has 0 saturated heterocycles. The average molecular weight is 213 g/mol. The van der Waals surface area contributed by atoms with E-state index in [2.05, 4.69) is 25.1 Å². The van der Waals surface area contributed by atoms with Gasteiger partial charge in [-0.3, -0.25) is 0 Å². The smallest absolute Gasteiger partial charge is 0.0793 e. The lowest BCUT2D eigenvalue weighted by Crippen LogP contribution is -2.18. The summed E-state index contributed by atoms with van der Waals surface area (Å²) in [5.41, 5.74) is 0.904. The highest BCUT2D eigenvalue weighted by atomic mass is 14.4. The third-order valence-electron chi connectivity index (χ3n) is 2.77. The number of nitriles is 1. The molecule has 0 aromatic heterocycles. The summed E-state index contributed by atoms with van der Waals surface area (Å²) in [7, 11) is 0. The molecule has 1 rings (SSSR count). The molecule has 0 bridgehead atoms. The fourth-order valence-electron chi connectivity index (χ4n) is 2.09. The zero-order valence-electron chi connectivity index (χ0n) is 10.1. The highest BCUT2D eigenvalue weighted by molar-refractivity contribution is 5.23. The zero-order chi connectivity index (χ0) is 11.9. The zero-order valence-corrected chi connectivity index (χ0v) is 10.1. The van der Waals surface area contributed by atoms with Crippen molar-refractivity contribution in [3.63, 3.8) is 0 Å². The summed E-state index contributed by atoms with van der Waals surface area (Å²) in [5, 5.41) is 9.40. The van der Waals surface area contributed by atoms with Crippen LogP contribution in [0.1, 0.15) is 32.3 Å². The lowest BCUT2D eigenvalue weighted by molar-refractivity contribution is 0.453. The van der Waals surface area contributed by atoms with Gasteiger partial charge in [-0.1, -0.05) is 55.8 Å². The van der Waals surface area contributed by atoms with Crippen molar-refractivity contribution in [2.24, 2.45) is 5.41 Å².